The molecule has 1 aromatic heterocycles. The summed E-state index contributed by atoms with van der Waals surface area (Å²) >= 11 is 0. The lowest BCUT2D eigenvalue weighted by Gasteiger charge is -2.36. The van der Waals surface area contributed by atoms with Gasteiger partial charge in [0.25, 0.3) is 0 Å². The molecule has 0 spiro atoms. The van der Waals surface area contributed by atoms with Gasteiger partial charge in [-0.2, -0.15) is 0 Å². The highest BCUT2D eigenvalue weighted by molar-refractivity contribution is 5.77. The van der Waals surface area contributed by atoms with Gasteiger partial charge >= 0.3 is 0 Å². The fourth-order valence-corrected chi connectivity index (χ4v) is 2.90. The van der Waals surface area contributed by atoms with Gasteiger partial charge in [0.05, 0.1) is 12.1 Å². The molecular formula is C16H21NO2. The second-order valence-corrected chi connectivity index (χ2v) is 5.44. The van der Waals surface area contributed by atoms with Crippen LogP contribution in [0.5, 0.6) is 0 Å². The average Bonchev–Trinajstić information content (AvgIpc) is 2.80. The number of furan rings is 1. The van der Waals surface area contributed by atoms with Crippen molar-refractivity contribution < 1.29 is 9.15 Å². The lowest BCUT2D eigenvalue weighted by atomic mass is 9.78. The lowest BCUT2D eigenvalue weighted by molar-refractivity contribution is -0.0286. The zero-order chi connectivity index (χ0) is 13.2. The molecule has 3 heteroatoms. The molecule has 1 aliphatic carbocycles. The van der Waals surface area contributed by atoms with Crippen LogP contribution in [0, 0.1) is 5.92 Å². The van der Waals surface area contributed by atoms with Crippen LogP contribution in [0.25, 0.3) is 11.0 Å². The van der Waals surface area contributed by atoms with Gasteiger partial charge < -0.3 is 14.9 Å². The molecule has 19 heavy (non-hydrogen) atoms. The molecule has 1 unspecified atom stereocenters. The van der Waals surface area contributed by atoms with Crippen LogP contribution in [0.15, 0.2) is 34.7 Å². The maximum atomic E-state index is 6.25. The van der Waals surface area contributed by atoms with Gasteiger partial charge in [0.15, 0.2) is 0 Å². The Kier molecular flexibility index (Phi) is 3.58. The molecule has 3 rings (SSSR count). The highest BCUT2D eigenvalue weighted by Crippen LogP contribution is 2.37. The minimum atomic E-state index is -0.0000217. The normalized spacial score (nSPS) is 24.3. The largest absolute Gasteiger partial charge is 0.459 e. The van der Waals surface area contributed by atoms with Gasteiger partial charge in [-0.1, -0.05) is 18.2 Å². The molecule has 1 aromatic carbocycles. The number of benzene rings is 1. The Labute approximate surface area is 113 Å². The van der Waals surface area contributed by atoms with Crippen molar-refractivity contribution in [3.05, 3.63) is 36.1 Å². The minimum absolute atomic E-state index is 0.0000217. The summed E-state index contributed by atoms with van der Waals surface area (Å²) in [6.45, 7) is 2.86. The first kappa shape index (κ1) is 12.7. The van der Waals surface area contributed by atoms with E-state index in [0.29, 0.717) is 12.0 Å². The van der Waals surface area contributed by atoms with E-state index in [1.54, 1.807) is 0 Å². The van der Waals surface area contributed by atoms with Crippen molar-refractivity contribution >= 4 is 11.0 Å². The van der Waals surface area contributed by atoms with Crippen molar-refractivity contribution in [3.63, 3.8) is 0 Å². The quantitative estimate of drug-likeness (QED) is 0.891. The van der Waals surface area contributed by atoms with E-state index in [-0.39, 0.29) is 6.04 Å². The molecule has 1 aliphatic rings. The number of nitrogens with two attached hydrogens (primary N) is 1. The van der Waals surface area contributed by atoms with Crippen LogP contribution in [0.2, 0.25) is 0 Å². The summed E-state index contributed by atoms with van der Waals surface area (Å²) in [7, 11) is 0. The van der Waals surface area contributed by atoms with Crippen LogP contribution in [-0.2, 0) is 4.74 Å². The summed E-state index contributed by atoms with van der Waals surface area (Å²) in [4.78, 5) is 0. The van der Waals surface area contributed by atoms with Crippen LogP contribution < -0.4 is 5.73 Å². The molecule has 3 nitrogen and oxygen atoms in total. The highest BCUT2D eigenvalue weighted by Gasteiger charge is 2.31. The molecule has 1 saturated carbocycles. The first-order valence-electron chi connectivity index (χ1n) is 7.12. The standard InChI is InChI=1S/C16H21NO2/c1-2-18-13-7-11(8-13)9-14(17)16-10-12-5-3-4-6-15(12)19-16/h3-6,10-11,13-14H,2,7-9,17H2,1H3. The van der Waals surface area contributed by atoms with E-state index in [4.69, 9.17) is 14.9 Å². The highest BCUT2D eigenvalue weighted by atomic mass is 16.5. The summed E-state index contributed by atoms with van der Waals surface area (Å²) < 4.78 is 11.4. The molecule has 0 saturated heterocycles. The topological polar surface area (TPSA) is 48.4 Å². The predicted molar refractivity (Wildman–Crippen MR) is 75.9 cm³/mol. The molecule has 0 bridgehead atoms. The van der Waals surface area contributed by atoms with Crippen LogP contribution in [0.4, 0.5) is 0 Å². The monoisotopic (exact) mass is 259 g/mol. The van der Waals surface area contributed by atoms with Gasteiger partial charge in [-0.25, -0.2) is 0 Å². The summed E-state index contributed by atoms with van der Waals surface area (Å²) in [5.74, 6) is 1.58. The molecule has 0 amide bonds. The summed E-state index contributed by atoms with van der Waals surface area (Å²) in [5.41, 5.74) is 7.18. The van der Waals surface area contributed by atoms with Crippen molar-refractivity contribution in [3.8, 4) is 0 Å². The Hall–Kier alpha value is -1.32. The van der Waals surface area contributed by atoms with E-state index >= 15 is 0 Å². The molecule has 2 aromatic rings. The second-order valence-electron chi connectivity index (χ2n) is 5.44. The van der Waals surface area contributed by atoms with Gasteiger partial charge in [-0.05, 0) is 44.2 Å². The van der Waals surface area contributed by atoms with E-state index in [2.05, 4.69) is 12.1 Å². The Balaban J connectivity index is 1.60. The Bertz CT molecular complexity index is 509. The minimum Gasteiger partial charge on any atom is -0.459 e. The summed E-state index contributed by atoms with van der Waals surface area (Å²) in [6, 6.07) is 10.1. The average molecular weight is 259 g/mol. The molecule has 1 fully saturated rings. The summed E-state index contributed by atoms with van der Waals surface area (Å²) in [5, 5.41) is 1.13. The number of ether oxygens (including phenoxy) is 1. The maximum absolute atomic E-state index is 6.25. The maximum Gasteiger partial charge on any atom is 0.134 e. The first-order chi connectivity index (χ1) is 9.26. The van der Waals surface area contributed by atoms with Gasteiger partial charge in [0, 0.05) is 12.0 Å². The SMILES string of the molecule is CCOC1CC(CC(N)c2cc3ccccc3o2)C1. The van der Waals surface area contributed by atoms with Gasteiger partial charge in [0.2, 0.25) is 0 Å². The smallest absolute Gasteiger partial charge is 0.134 e. The predicted octanol–water partition coefficient (Wildman–Crippen LogP) is 3.64. The molecule has 1 heterocycles. The zero-order valence-electron chi connectivity index (χ0n) is 11.3. The van der Waals surface area contributed by atoms with E-state index in [9.17, 15) is 0 Å². The fraction of sp³-hybridized carbons (Fsp3) is 0.500. The lowest BCUT2D eigenvalue weighted by Crippen LogP contribution is -2.33. The first-order valence-corrected chi connectivity index (χ1v) is 7.12. The summed E-state index contributed by atoms with van der Waals surface area (Å²) in [6.07, 6.45) is 3.73. The van der Waals surface area contributed by atoms with Crippen LogP contribution in [0.3, 0.4) is 0 Å². The Morgan fingerprint density at radius 2 is 2.16 bits per heavy atom. The number of hydrogen-bond acceptors (Lipinski definition) is 3. The fourth-order valence-electron chi connectivity index (χ4n) is 2.90. The van der Waals surface area contributed by atoms with E-state index in [1.807, 2.05) is 25.1 Å². The molecule has 102 valence electrons. The molecule has 0 aliphatic heterocycles. The second kappa shape index (κ2) is 5.35. The van der Waals surface area contributed by atoms with E-state index < -0.39 is 0 Å². The van der Waals surface area contributed by atoms with Gasteiger partial charge in [-0.15, -0.1) is 0 Å². The molecule has 0 radical (unpaired) electrons. The van der Waals surface area contributed by atoms with Crippen LogP contribution in [0.1, 0.15) is 38.0 Å². The van der Waals surface area contributed by atoms with Crippen molar-refractivity contribution in [1.29, 1.82) is 0 Å². The van der Waals surface area contributed by atoms with Crippen molar-refractivity contribution in [1.82, 2.24) is 0 Å². The number of rotatable bonds is 5. The number of para-hydroxylation sites is 1. The molecule has 1 atom stereocenters. The Morgan fingerprint density at radius 1 is 1.37 bits per heavy atom. The van der Waals surface area contributed by atoms with Crippen molar-refractivity contribution in [2.75, 3.05) is 6.61 Å². The van der Waals surface area contributed by atoms with Gasteiger partial charge in [-0.3, -0.25) is 0 Å². The molecule has 2 N–H and O–H groups in total. The van der Waals surface area contributed by atoms with Crippen molar-refractivity contribution in [2.24, 2.45) is 11.7 Å². The van der Waals surface area contributed by atoms with Crippen LogP contribution in [-0.4, -0.2) is 12.7 Å². The Morgan fingerprint density at radius 3 is 2.89 bits per heavy atom. The van der Waals surface area contributed by atoms with Crippen molar-refractivity contribution in [2.45, 2.75) is 38.3 Å². The third-order valence-electron chi connectivity index (χ3n) is 3.99. The van der Waals surface area contributed by atoms with E-state index in [0.717, 1.165) is 42.6 Å². The molecular weight excluding hydrogens is 238 g/mol. The zero-order valence-corrected chi connectivity index (χ0v) is 11.3. The third-order valence-corrected chi connectivity index (χ3v) is 3.99. The number of fused-ring (bicyclic) bond motifs is 1. The number of hydrogen-bond donors (Lipinski definition) is 1. The van der Waals surface area contributed by atoms with E-state index in [1.165, 1.54) is 0 Å². The van der Waals surface area contributed by atoms with Gasteiger partial charge in [0.1, 0.15) is 11.3 Å². The third kappa shape index (κ3) is 2.67. The van der Waals surface area contributed by atoms with Crippen LogP contribution >= 0.6 is 0 Å².